The Morgan fingerprint density at radius 2 is 1.88 bits per heavy atom. The fourth-order valence-electron chi connectivity index (χ4n) is 4.31. The van der Waals surface area contributed by atoms with E-state index in [9.17, 15) is 9.90 Å². The lowest BCUT2D eigenvalue weighted by Crippen LogP contribution is -2.48. The molecule has 32 heavy (non-hydrogen) atoms. The number of aliphatic hydroxyl groups excluding tert-OH is 1. The van der Waals surface area contributed by atoms with Crippen LogP contribution in [0.25, 0.3) is 11.0 Å². The number of amides is 1. The van der Waals surface area contributed by atoms with E-state index in [0.717, 1.165) is 42.9 Å². The minimum absolute atomic E-state index is 0.362. The van der Waals surface area contributed by atoms with Crippen molar-refractivity contribution in [2.45, 2.75) is 25.5 Å². The number of halogens is 1. The van der Waals surface area contributed by atoms with Crippen molar-refractivity contribution in [1.29, 1.82) is 0 Å². The molecule has 3 N–H and O–H groups in total. The molecule has 7 nitrogen and oxygen atoms in total. The van der Waals surface area contributed by atoms with E-state index in [1.54, 1.807) is 12.4 Å². The molecule has 4 rings (SSSR count). The van der Waals surface area contributed by atoms with E-state index in [1.165, 1.54) is 0 Å². The molecule has 0 aliphatic carbocycles. The molecule has 8 heteroatoms. The summed E-state index contributed by atoms with van der Waals surface area (Å²) in [7, 11) is 0. The molecule has 1 aliphatic heterocycles. The Morgan fingerprint density at radius 1 is 1.16 bits per heavy atom. The maximum absolute atomic E-state index is 11.9. The molecule has 2 unspecified atom stereocenters. The van der Waals surface area contributed by atoms with Crippen molar-refractivity contribution in [2.75, 3.05) is 32.7 Å². The fraction of sp³-hybridized carbons (Fsp3) is 0.417. The Labute approximate surface area is 192 Å². The number of piperazine rings is 1. The van der Waals surface area contributed by atoms with Crippen molar-refractivity contribution in [3.63, 3.8) is 0 Å². The van der Waals surface area contributed by atoms with Crippen LogP contribution < -0.4 is 5.73 Å². The number of nitrogens with two attached hydrogens (primary N) is 1. The predicted octanol–water partition coefficient (Wildman–Crippen LogP) is 2.69. The zero-order valence-electron chi connectivity index (χ0n) is 18.0. The molecule has 1 aromatic carbocycles. The van der Waals surface area contributed by atoms with Crippen molar-refractivity contribution in [1.82, 2.24) is 14.8 Å². The lowest BCUT2D eigenvalue weighted by atomic mass is 9.93. The maximum atomic E-state index is 11.9. The van der Waals surface area contributed by atoms with E-state index >= 15 is 0 Å². The van der Waals surface area contributed by atoms with Gasteiger partial charge in [0.2, 0.25) is 5.91 Å². The molecular formula is C24H29ClN4O3. The predicted molar refractivity (Wildman–Crippen MR) is 124 cm³/mol. The first kappa shape index (κ1) is 22.7. The van der Waals surface area contributed by atoms with Gasteiger partial charge in [-0.1, -0.05) is 41.9 Å². The number of nitrogens with zero attached hydrogens (tertiary/aromatic N) is 3. The average molecular weight is 457 g/mol. The molecule has 3 aromatic rings. The van der Waals surface area contributed by atoms with Crippen molar-refractivity contribution in [2.24, 2.45) is 11.7 Å². The number of rotatable bonds is 9. The van der Waals surface area contributed by atoms with Crippen LogP contribution in [0, 0.1) is 5.92 Å². The first-order valence-corrected chi connectivity index (χ1v) is 11.3. The summed E-state index contributed by atoms with van der Waals surface area (Å²) in [6.45, 7) is 4.69. The van der Waals surface area contributed by atoms with Gasteiger partial charge in [-0.05, 0) is 24.5 Å². The van der Waals surface area contributed by atoms with Gasteiger partial charge in [0.05, 0.1) is 12.6 Å². The van der Waals surface area contributed by atoms with Crippen molar-refractivity contribution < 1.29 is 14.3 Å². The molecule has 2 atom stereocenters. The number of fused-ring (bicyclic) bond motifs is 1. The summed E-state index contributed by atoms with van der Waals surface area (Å²) in [4.78, 5) is 20.6. The highest BCUT2D eigenvalue weighted by Crippen LogP contribution is 2.26. The molecule has 1 amide bonds. The van der Waals surface area contributed by atoms with Gasteiger partial charge in [-0.2, -0.15) is 0 Å². The third-order valence-electron chi connectivity index (χ3n) is 6.03. The quantitative estimate of drug-likeness (QED) is 0.514. The first-order chi connectivity index (χ1) is 15.5. The highest BCUT2D eigenvalue weighted by Gasteiger charge is 2.24. The van der Waals surface area contributed by atoms with Crippen molar-refractivity contribution in [3.8, 4) is 0 Å². The summed E-state index contributed by atoms with van der Waals surface area (Å²) in [5.41, 5.74) is 7.34. The number of aliphatic hydroxyl groups is 1. The summed E-state index contributed by atoms with van der Waals surface area (Å²) < 4.78 is 5.90. The second-order valence-electron chi connectivity index (χ2n) is 8.51. The summed E-state index contributed by atoms with van der Waals surface area (Å²) in [6.07, 6.45) is 3.68. The Morgan fingerprint density at radius 3 is 2.56 bits per heavy atom. The molecule has 1 aliphatic rings. The molecule has 0 saturated carbocycles. The second kappa shape index (κ2) is 10.4. The summed E-state index contributed by atoms with van der Waals surface area (Å²) in [5.74, 6) is 0.135. The number of carbonyl (C=O) groups is 1. The van der Waals surface area contributed by atoms with Crippen LogP contribution in [0.5, 0.6) is 0 Å². The Bertz CT molecular complexity index is 1030. The summed E-state index contributed by atoms with van der Waals surface area (Å²) in [6, 6.07) is 11.8. The van der Waals surface area contributed by atoms with Gasteiger partial charge in [-0.25, -0.2) is 0 Å². The third kappa shape index (κ3) is 5.86. The number of hydrogen-bond donors (Lipinski definition) is 2. The monoisotopic (exact) mass is 456 g/mol. The second-order valence-corrected chi connectivity index (χ2v) is 8.91. The van der Waals surface area contributed by atoms with Crippen molar-refractivity contribution >= 4 is 28.5 Å². The van der Waals surface area contributed by atoms with Gasteiger partial charge >= 0.3 is 0 Å². The molecule has 0 radical (unpaired) electrons. The SMILES string of the molecule is NC(=O)C(Cc1ccccc1)CC(O)CN1CCN(Cc2cc3cncc(Cl)c3o2)CC1. The average Bonchev–Trinajstić information content (AvgIpc) is 3.19. The van der Waals surface area contributed by atoms with E-state index in [4.69, 9.17) is 21.8 Å². The summed E-state index contributed by atoms with van der Waals surface area (Å²) >= 11 is 6.15. The highest BCUT2D eigenvalue weighted by molar-refractivity contribution is 6.34. The number of pyridine rings is 1. The van der Waals surface area contributed by atoms with Crippen LogP contribution in [0.1, 0.15) is 17.7 Å². The third-order valence-corrected chi connectivity index (χ3v) is 6.30. The smallest absolute Gasteiger partial charge is 0.220 e. The zero-order valence-corrected chi connectivity index (χ0v) is 18.7. The topological polar surface area (TPSA) is 95.8 Å². The molecule has 1 saturated heterocycles. The Kier molecular flexibility index (Phi) is 7.42. The van der Waals surface area contributed by atoms with E-state index in [0.29, 0.717) is 36.5 Å². The Hall–Kier alpha value is -2.45. The van der Waals surface area contributed by atoms with E-state index < -0.39 is 6.10 Å². The largest absolute Gasteiger partial charge is 0.458 e. The number of carbonyl (C=O) groups excluding carboxylic acids is 1. The molecule has 170 valence electrons. The lowest BCUT2D eigenvalue weighted by Gasteiger charge is -2.35. The maximum Gasteiger partial charge on any atom is 0.220 e. The van der Waals surface area contributed by atoms with Crippen LogP contribution in [0.3, 0.4) is 0 Å². The van der Waals surface area contributed by atoms with E-state index in [1.807, 2.05) is 36.4 Å². The standard InChI is InChI=1S/C24H29ClN4O3/c25-22-14-27-13-19-12-21(32-23(19)22)16-29-8-6-28(7-9-29)15-20(30)11-18(24(26)31)10-17-4-2-1-3-5-17/h1-5,12-14,18,20,30H,6-11,15-16H2,(H2,26,31). The minimum Gasteiger partial charge on any atom is -0.458 e. The van der Waals surface area contributed by atoms with Crippen LogP contribution in [0.4, 0.5) is 0 Å². The van der Waals surface area contributed by atoms with Crippen LogP contribution in [-0.4, -0.2) is 64.6 Å². The number of benzene rings is 1. The Balaban J connectivity index is 1.24. The van der Waals surface area contributed by atoms with E-state index in [-0.39, 0.29) is 11.8 Å². The first-order valence-electron chi connectivity index (χ1n) is 11.0. The zero-order chi connectivity index (χ0) is 22.5. The summed E-state index contributed by atoms with van der Waals surface area (Å²) in [5, 5.41) is 12.0. The van der Waals surface area contributed by atoms with Crippen LogP contribution in [0.15, 0.2) is 53.2 Å². The van der Waals surface area contributed by atoms with Crippen molar-refractivity contribution in [3.05, 3.63) is 65.1 Å². The van der Waals surface area contributed by atoms with Gasteiger partial charge in [0, 0.05) is 56.4 Å². The van der Waals surface area contributed by atoms with Gasteiger partial charge in [-0.3, -0.25) is 19.6 Å². The number of furan rings is 1. The van der Waals surface area contributed by atoms with Crippen LogP contribution in [0.2, 0.25) is 5.02 Å². The highest BCUT2D eigenvalue weighted by atomic mass is 35.5. The number of β-amino-alcohol motifs (C(OH)–C–C–N with tert-alkyl or cyclic N) is 1. The van der Waals surface area contributed by atoms with Gasteiger partial charge in [0.25, 0.3) is 0 Å². The normalized spacial score (nSPS) is 17.4. The van der Waals surface area contributed by atoms with Gasteiger partial charge in [-0.15, -0.1) is 0 Å². The molecule has 0 spiro atoms. The number of hydrogen-bond acceptors (Lipinski definition) is 6. The van der Waals surface area contributed by atoms with Gasteiger partial charge < -0.3 is 15.3 Å². The minimum atomic E-state index is -0.590. The van der Waals surface area contributed by atoms with Gasteiger partial charge in [0.15, 0.2) is 5.58 Å². The fourth-order valence-corrected chi connectivity index (χ4v) is 4.51. The molecule has 2 aromatic heterocycles. The molecule has 0 bridgehead atoms. The molecule has 1 fully saturated rings. The van der Waals surface area contributed by atoms with Crippen LogP contribution in [-0.2, 0) is 17.8 Å². The number of primary amides is 1. The lowest BCUT2D eigenvalue weighted by molar-refractivity contribution is -0.122. The van der Waals surface area contributed by atoms with Gasteiger partial charge in [0.1, 0.15) is 10.8 Å². The molecule has 3 heterocycles. The molecular weight excluding hydrogens is 428 g/mol. The number of aromatic nitrogens is 1. The van der Waals surface area contributed by atoms with E-state index in [2.05, 4.69) is 14.8 Å². The van der Waals surface area contributed by atoms with Crippen LogP contribution >= 0.6 is 11.6 Å².